The molecule has 158 valence electrons. The third-order valence-electron chi connectivity index (χ3n) is 6.26. The molecule has 0 saturated heterocycles. The van der Waals surface area contributed by atoms with Crippen molar-refractivity contribution in [2.45, 2.75) is 37.8 Å². The average Bonchev–Trinajstić information content (AvgIpc) is 3.16. The number of ether oxygens (including phenoxy) is 1. The average molecular weight is 417 g/mol. The molecule has 1 aliphatic carbocycles. The molecule has 0 radical (unpaired) electrons. The first-order chi connectivity index (χ1) is 14.9. The van der Waals surface area contributed by atoms with Crippen LogP contribution < -0.4 is 15.7 Å². The topological polar surface area (TPSA) is 85.5 Å². The Morgan fingerprint density at radius 3 is 2.81 bits per heavy atom. The van der Waals surface area contributed by atoms with E-state index < -0.39 is 17.1 Å². The molecule has 5 rings (SSSR count). The van der Waals surface area contributed by atoms with Crippen LogP contribution in [-0.4, -0.2) is 30.2 Å². The Labute approximate surface area is 180 Å². The lowest BCUT2D eigenvalue weighted by Gasteiger charge is -2.34. The van der Waals surface area contributed by atoms with Crippen molar-refractivity contribution in [1.29, 1.82) is 0 Å². The van der Waals surface area contributed by atoms with Gasteiger partial charge in [-0.2, -0.15) is 0 Å². The molecule has 1 aromatic carbocycles. The summed E-state index contributed by atoms with van der Waals surface area (Å²) in [6.07, 6.45) is 13.4. The van der Waals surface area contributed by atoms with Gasteiger partial charge < -0.3 is 14.5 Å². The standard InChI is InChI=1S/C25H24N2O4/c1-25(2)24(29)18(14-26-12-11-16-13-27-19-6-4-3-5-17(16)19)22-20(31-25)9-7-15-8-10-21(28)30-23(15)22/h3-10,13-14,17-19,27H,11-12H2,1-2H3/p+1/t17-,18-,19+/m0/s1. The molecule has 0 unspecified atom stereocenters. The Morgan fingerprint density at radius 1 is 1.13 bits per heavy atom. The second-order valence-electron chi connectivity index (χ2n) is 8.72. The van der Waals surface area contributed by atoms with Gasteiger partial charge in [0.05, 0.1) is 23.6 Å². The quantitative estimate of drug-likeness (QED) is 0.612. The zero-order valence-electron chi connectivity index (χ0n) is 17.6. The van der Waals surface area contributed by atoms with Crippen molar-refractivity contribution in [3.8, 4) is 5.75 Å². The predicted octanol–water partition coefficient (Wildman–Crippen LogP) is 2.65. The third-order valence-corrected chi connectivity index (χ3v) is 6.26. The molecule has 0 spiro atoms. The van der Waals surface area contributed by atoms with E-state index in [-0.39, 0.29) is 5.78 Å². The first-order valence-corrected chi connectivity index (χ1v) is 10.6. The lowest BCUT2D eigenvalue weighted by Crippen LogP contribution is -2.83. The number of quaternary nitrogens is 1. The summed E-state index contributed by atoms with van der Waals surface area (Å²) in [7, 11) is 0. The minimum absolute atomic E-state index is 0.100. The predicted molar refractivity (Wildman–Crippen MR) is 118 cm³/mol. The number of carbonyl (C=O) groups excluding carboxylic acids is 1. The van der Waals surface area contributed by atoms with Gasteiger partial charge in [-0.15, -0.1) is 0 Å². The fourth-order valence-electron chi connectivity index (χ4n) is 4.64. The van der Waals surface area contributed by atoms with Crippen LogP contribution in [0, 0.1) is 5.92 Å². The molecular weight excluding hydrogens is 392 g/mol. The van der Waals surface area contributed by atoms with Gasteiger partial charge >= 0.3 is 5.63 Å². The van der Waals surface area contributed by atoms with Gasteiger partial charge in [0, 0.05) is 24.2 Å². The summed E-state index contributed by atoms with van der Waals surface area (Å²) in [5.74, 6) is 0.250. The highest BCUT2D eigenvalue weighted by atomic mass is 16.5. The van der Waals surface area contributed by atoms with E-state index in [0.717, 1.165) is 11.8 Å². The van der Waals surface area contributed by atoms with Crippen LogP contribution in [0.15, 0.2) is 74.5 Å². The van der Waals surface area contributed by atoms with E-state index in [1.807, 2.05) is 12.1 Å². The fourth-order valence-corrected chi connectivity index (χ4v) is 4.64. The van der Waals surface area contributed by atoms with Crippen LogP contribution in [0.25, 0.3) is 11.0 Å². The molecule has 0 amide bonds. The number of Topliss-reactive ketones (excluding diaryl/α,β-unsaturated/α-hetero) is 1. The highest BCUT2D eigenvalue weighted by Gasteiger charge is 2.43. The molecule has 0 fully saturated rings. The maximum atomic E-state index is 13.2. The minimum atomic E-state index is -0.984. The van der Waals surface area contributed by atoms with Crippen LogP contribution in [0.2, 0.25) is 0 Å². The summed E-state index contributed by atoms with van der Waals surface area (Å²) in [5.41, 5.74) is 0.889. The molecule has 2 aliphatic heterocycles. The van der Waals surface area contributed by atoms with E-state index in [1.54, 1.807) is 26.1 Å². The number of ketones is 1. The van der Waals surface area contributed by atoms with Crippen LogP contribution in [0.1, 0.15) is 31.7 Å². The summed E-state index contributed by atoms with van der Waals surface area (Å²) in [4.78, 5) is 29.7. The van der Waals surface area contributed by atoms with Gasteiger partial charge in [0.25, 0.3) is 0 Å². The first kappa shape index (κ1) is 19.7. The van der Waals surface area contributed by atoms with Gasteiger partial charge in [-0.1, -0.05) is 18.2 Å². The number of hydrogen-bond donors (Lipinski definition) is 1. The summed E-state index contributed by atoms with van der Waals surface area (Å²) in [5, 5.41) is 2.99. The normalized spacial score (nSPS) is 26.1. The number of benzene rings is 1. The monoisotopic (exact) mass is 417 g/mol. The molecule has 3 heterocycles. The van der Waals surface area contributed by atoms with Crippen LogP contribution in [0.5, 0.6) is 5.75 Å². The Hall–Kier alpha value is -3.25. The van der Waals surface area contributed by atoms with Gasteiger partial charge in [0.15, 0.2) is 11.4 Å². The lowest BCUT2D eigenvalue weighted by atomic mass is 9.83. The van der Waals surface area contributed by atoms with Crippen LogP contribution in [-0.2, 0) is 4.79 Å². The molecular formula is C25H25N2O4+. The molecule has 31 heavy (non-hydrogen) atoms. The first-order valence-electron chi connectivity index (χ1n) is 10.6. The van der Waals surface area contributed by atoms with Crippen molar-refractivity contribution >= 4 is 23.0 Å². The molecule has 2 N–H and O–H groups in total. The Morgan fingerprint density at radius 2 is 1.94 bits per heavy atom. The smallest absolute Gasteiger partial charge is 0.336 e. The number of nitrogens with two attached hydrogens (primary N) is 1. The molecule has 6 heteroatoms. The summed E-state index contributed by atoms with van der Waals surface area (Å²) in [6, 6.07) is 7.19. The van der Waals surface area contributed by atoms with Gasteiger partial charge in [-0.25, -0.2) is 4.79 Å². The molecule has 3 aliphatic rings. The van der Waals surface area contributed by atoms with Crippen molar-refractivity contribution in [2.24, 2.45) is 10.9 Å². The summed E-state index contributed by atoms with van der Waals surface area (Å²) in [6.45, 7) is 4.11. The van der Waals surface area contributed by atoms with Gasteiger partial charge in [-0.05, 0) is 50.1 Å². The fraction of sp³-hybridized carbons (Fsp3) is 0.320. The second kappa shape index (κ2) is 7.46. The number of aliphatic imine (C=N–C) groups is 1. The Kier molecular flexibility index (Phi) is 4.74. The lowest BCUT2D eigenvalue weighted by molar-refractivity contribution is -0.609. The molecule has 0 saturated carbocycles. The van der Waals surface area contributed by atoms with Gasteiger partial charge in [0.2, 0.25) is 0 Å². The van der Waals surface area contributed by atoms with Gasteiger partial charge in [0.1, 0.15) is 17.4 Å². The number of fused-ring (bicyclic) bond motifs is 4. The van der Waals surface area contributed by atoms with E-state index >= 15 is 0 Å². The maximum absolute atomic E-state index is 13.2. The molecule has 6 nitrogen and oxygen atoms in total. The zero-order valence-corrected chi connectivity index (χ0v) is 17.6. The van der Waals surface area contributed by atoms with Crippen molar-refractivity contribution in [3.63, 3.8) is 0 Å². The SMILES string of the molecule is CC1(C)Oc2ccc3ccc(=O)oc3c2[C@H](C=NCCC2=C[NH2+][C@@H]3C=CC=C[C@@H]23)C1=O. The maximum Gasteiger partial charge on any atom is 0.336 e. The number of allylic oxidation sites excluding steroid dienone is 2. The summed E-state index contributed by atoms with van der Waals surface area (Å²) < 4.78 is 11.4. The van der Waals surface area contributed by atoms with Crippen LogP contribution in [0.4, 0.5) is 0 Å². The van der Waals surface area contributed by atoms with Crippen molar-refractivity contribution in [3.05, 3.63) is 76.3 Å². The third kappa shape index (κ3) is 3.47. The number of carbonyl (C=O) groups is 1. The molecule has 3 atom stereocenters. The largest absolute Gasteiger partial charge is 0.480 e. The minimum Gasteiger partial charge on any atom is -0.480 e. The Bertz CT molecular complexity index is 1230. The molecule has 1 aromatic heterocycles. The van der Waals surface area contributed by atoms with E-state index in [0.29, 0.717) is 35.4 Å². The summed E-state index contributed by atoms with van der Waals surface area (Å²) >= 11 is 0. The van der Waals surface area contributed by atoms with Crippen LogP contribution in [0.3, 0.4) is 0 Å². The van der Waals surface area contributed by atoms with E-state index in [2.05, 4.69) is 40.8 Å². The van der Waals surface area contributed by atoms with Crippen molar-refractivity contribution in [1.82, 2.24) is 0 Å². The number of hydrogen-bond acceptors (Lipinski definition) is 5. The molecule has 0 bridgehead atoms. The zero-order chi connectivity index (χ0) is 21.6. The highest BCUT2D eigenvalue weighted by molar-refractivity contribution is 6.09. The second-order valence-corrected chi connectivity index (χ2v) is 8.72. The van der Waals surface area contributed by atoms with Crippen molar-refractivity contribution in [2.75, 3.05) is 6.54 Å². The van der Waals surface area contributed by atoms with E-state index in [1.165, 1.54) is 11.6 Å². The number of nitrogens with zero attached hydrogens (tertiary/aromatic N) is 1. The van der Waals surface area contributed by atoms with E-state index in [4.69, 9.17) is 9.15 Å². The highest BCUT2D eigenvalue weighted by Crippen LogP contribution is 2.41. The van der Waals surface area contributed by atoms with Crippen LogP contribution >= 0.6 is 0 Å². The Balaban J connectivity index is 1.43. The molecule has 2 aromatic rings. The van der Waals surface area contributed by atoms with E-state index in [9.17, 15) is 9.59 Å². The number of rotatable bonds is 4. The van der Waals surface area contributed by atoms with Gasteiger partial charge in [-0.3, -0.25) is 9.79 Å². The van der Waals surface area contributed by atoms with Crippen molar-refractivity contribution < 1.29 is 19.3 Å².